The van der Waals surface area contributed by atoms with Crippen molar-refractivity contribution in [1.29, 1.82) is 5.41 Å². The average Bonchev–Trinajstić information content (AvgIpc) is 2.77. The standard InChI is InChI=1S/C11H18ClN3O4/c1-18-8-4-10(19-11(8,5-12)6-16)14-3-2-9(13)15-7-17/h2-3,7-8,10,14,16H,4-6H2,1H3,(H2,13,15,17)/b3-2-/t8-,10+,11+/m0/s1. The Hall–Kier alpha value is -1.15. The number of nitrogens with one attached hydrogen (secondary N) is 3. The molecule has 0 aromatic carbocycles. The van der Waals surface area contributed by atoms with Crippen molar-refractivity contribution in [2.75, 3.05) is 19.6 Å². The molecule has 0 bridgehead atoms. The molecule has 8 heteroatoms. The molecule has 4 N–H and O–H groups in total. The van der Waals surface area contributed by atoms with Crippen molar-refractivity contribution >= 4 is 23.8 Å². The van der Waals surface area contributed by atoms with Gasteiger partial charge in [-0.2, -0.15) is 0 Å². The predicted octanol–water partition coefficient (Wildman–Crippen LogP) is -0.456. The Balaban J connectivity index is 2.54. The first-order chi connectivity index (χ1) is 9.11. The Kier molecular flexibility index (Phi) is 6.23. The zero-order valence-electron chi connectivity index (χ0n) is 10.6. The molecular formula is C11H18ClN3O4. The van der Waals surface area contributed by atoms with Crippen molar-refractivity contribution in [2.45, 2.75) is 24.4 Å². The van der Waals surface area contributed by atoms with Crippen molar-refractivity contribution in [3.63, 3.8) is 0 Å². The lowest BCUT2D eigenvalue weighted by molar-refractivity contribution is -0.108. The van der Waals surface area contributed by atoms with Gasteiger partial charge in [0.2, 0.25) is 6.41 Å². The van der Waals surface area contributed by atoms with Gasteiger partial charge >= 0.3 is 0 Å². The number of carbonyl (C=O) groups is 1. The van der Waals surface area contributed by atoms with Crippen LogP contribution in [0.2, 0.25) is 0 Å². The van der Waals surface area contributed by atoms with Crippen molar-refractivity contribution in [3.8, 4) is 0 Å². The molecule has 1 aliphatic heterocycles. The minimum Gasteiger partial charge on any atom is -0.393 e. The number of aliphatic hydroxyl groups is 1. The maximum absolute atomic E-state index is 10.1. The molecule has 1 rings (SSSR count). The Morgan fingerprint density at radius 1 is 1.74 bits per heavy atom. The lowest BCUT2D eigenvalue weighted by Crippen LogP contribution is -2.46. The van der Waals surface area contributed by atoms with Crippen molar-refractivity contribution in [1.82, 2.24) is 10.6 Å². The van der Waals surface area contributed by atoms with Crippen molar-refractivity contribution in [3.05, 3.63) is 12.3 Å². The predicted molar refractivity (Wildman–Crippen MR) is 70.0 cm³/mol. The summed E-state index contributed by atoms with van der Waals surface area (Å²) in [5, 5.41) is 21.8. The highest BCUT2D eigenvalue weighted by Crippen LogP contribution is 2.32. The average molecular weight is 292 g/mol. The van der Waals surface area contributed by atoms with Crippen LogP contribution in [0.1, 0.15) is 6.42 Å². The summed E-state index contributed by atoms with van der Waals surface area (Å²) in [6.07, 6.45) is 3.11. The first-order valence-electron chi connectivity index (χ1n) is 5.70. The molecule has 0 unspecified atom stereocenters. The minimum absolute atomic E-state index is 0.0467. The number of rotatable bonds is 7. The van der Waals surface area contributed by atoms with E-state index < -0.39 is 5.60 Å². The lowest BCUT2D eigenvalue weighted by Gasteiger charge is -2.29. The van der Waals surface area contributed by atoms with Crippen LogP contribution in [0.25, 0.3) is 0 Å². The summed E-state index contributed by atoms with van der Waals surface area (Å²) in [6.45, 7) is -0.237. The van der Waals surface area contributed by atoms with E-state index in [2.05, 4.69) is 10.6 Å². The summed E-state index contributed by atoms with van der Waals surface area (Å²) in [7, 11) is 1.53. The SMILES string of the molecule is CO[C@H]1C[C@H](N/C=C\C(=N)NC=O)O[C@@]1(CO)CCl. The van der Waals surface area contributed by atoms with Crippen LogP contribution in [0, 0.1) is 5.41 Å². The number of hydrogen-bond donors (Lipinski definition) is 4. The van der Waals surface area contributed by atoms with Crippen LogP contribution in [0.4, 0.5) is 0 Å². The Morgan fingerprint density at radius 2 is 2.47 bits per heavy atom. The second kappa shape index (κ2) is 7.44. The molecule has 0 saturated carbocycles. The molecule has 0 aromatic heterocycles. The Bertz CT molecular complexity index is 347. The van der Waals surface area contributed by atoms with Gasteiger partial charge in [-0.05, 0) is 6.08 Å². The highest BCUT2D eigenvalue weighted by atomic mass is 35.5. The van der Waals surface area contributed by atoms with E-state index in [1.165, 1.54) is 19.4 Å². The van der Waals surface area contributed by atoms with E-state index in [0.29, 0.717) is 12.8 Å². The van der Waals surface area contributed by atoms with E-state index in [4.69, 9.17) is 26.5 Å². The zero-order chi connectivity index (χ0) is 14.3. The van der Waals surface area contributed by atoms with Crippen molar-refractivity contribution < 1.29 is 19.4 Å². The van der Waals surface area contributed by atoms with E-state index in [1.54, 1.807) is 0 Å². The molecule has 0 aliphatic carbocycles. The van der Waals surface area contributed by atoms with E-state index in [-0.39, 0.29) is 30.7 Å². The smallest absolute Gasteiger partial charge is 0.212 e. The van der Waals surface area contributed by atoms with Gasteiger partial charge in [0.1, 0.15) is 17.7 Å². The summed E-state index contributed by atoms with van der Waals surface area (Å²) >= 11 is 5.84. The van der Waals surface area contributed by atoms with Gasteiger partial charge in [0.25, 0.3) is 0 Å². The van der Waals surface area contributed by atoms with E-state index in [0.717, 1.165) is 0 Å². The summed E-state index contributed by atoms with van der Waals surface area (Å²) in [5.74, 6) is 0.0708. The van der Waals surface area contributed by atoms with Crippen LogP contribution >= 0.6 is 11.6 Å². The molecule has 7 nitrogen and oxygen atoms in total. The van der Waals surface area contributed by atoms with Gasteiger partial charge in [-0.25, -0.2) is 0 Å². The Labute approximate surface area is 116 Å². The summed E-state index contributed by atoms with van der Waals surface area (Å²) in [5.41, 5.74) is -0.920. The third-order valence-electron chi connectivity index (χ3n) is 2.92. The number of alkyl halides is 1. The van der Waals surface area contributed by atoms with E-state index in [9.17, 15) is 9.90 Å². The van der Waals surface area contributed by atoms with Gasteiger partial charge in [0.05, 0.1) is 18.6 Å². The number of amidine groups is 1. The van der Waals surface area contributed by atoms with Gasteiger partial charge in [0.15, 0.2) is 0 Å². The maximum atomic E-state index is 10.1. The van der Waals surface area contributed by atoms with Crippen LogP contribution in [-0.4, -0.2) is 54.9 Å². The molecule has 1 saturated heterocycles. The first kappa shape index (κ1) is 15.9. The van der Waals surface area contributed by atoms with E-state index in [1.807, 2.05) is 0 Å². The second-order valence-electron chi connectivity index (χ2n) is 4.10. The number of amides is 1. The fraction of sp³-hybridized carbons (Fsp3) is 0.636. The number of aliphatic hydroxyl groups excluding tert-OH is 1. The van der Waals surface area contributed by atoms with Crippen LogP contribution in [0.15, 0.2) is 12.3 Å². The van der Waals surface area contributed by atoms with Gasteiger partial charge in [-0.1, -0.05) is 0 Å². The number of hydrogen-bond acceptors (Lipinski definition) is 6. The lowest BCUT2D eigenvalue weighted by atomic mass is 10.00. The van der Waals surface area contributed by atoms with Crippen LogP contribution in [-0.2, 0) is 14.3 Å². The number of methoxy groups -OCH3 is 1. The van der Waals surface area contributed by atoms with Gasteiger partial charge in [-0.3, -0.25) is 10.2 Å². The van der Waals surface area contributed by atoms with Crippen LogP contribution in [0.5, 0.6) is 0 Å². The number of halogens is 1. The summed E-state index contributed by atoms with van der Waals surface area (Å²) < 4.78 is 10.9. The quantitative estimate of drug-likeness (QED) is 0.220. The highest BCUT2D eigenvalue weighted by molar-refractivity contribution is 6.18. The number of carbonyl (C=O) groups excluding carboxylic acids is 1. The van der Waals surface area contributed by atoms with Gasteiger partial charge in [0, 0.05) is 19.7 Å². The van der Waals surface area contributed by atoms with Gasteiger partial charge < -0.3 is 25.2 Å². The normalized spacial score (nSPS) is 30.5. The molecule has 1 amide bonds. The fourth-order valence-corrected chi connectivity index (χ4v) is 2.20. The fourth-order valence-electron chi connectivity index (χ4n) is 1.88. The minimum atomic E-state index is -0.920. The van der Waals surface area contributed by atoms with E-state index >= 15 is 0 Å². The number of ether oxygens (including phenoxy) is 2. The molecule has 3 atom stereocenters. The molecule has 19 heavy (non-hydrogen) atoms. The highest BCUT2D eigenvalue weighted by Gasteiger charge is 2.48. The summed E-state index contributed by atoms with van der Waals surface area (Å²) in [6, 6.07) is 0. The zero-order valence-corrected chi connectivity index (χ0v) is 11.3. The maximum Gasteiger partial charge on any atom is 0.212 e. The largest absolute Gasteiger partial charge is 0.393 e. The van der Waals surface area contributed by atoms with Crippen LogP contribution in [0.3, 0.4) is 0 Å². The molecule has 1 fully saturated rings. The third kappa shape index (κ3) is 3.90. The molecule has 0 radical (unpaired) electrons. The third-order valence-corrected chi connectivity index (χ3v) is 3.37. The first-order valence-corrected chi connectivity index (χ1v) is 6.24. The molecule has 0 spiro atoms. The summed E-state index contributed by atoms with van der Waals surface area (Å²) in [4.78, 5) is 10.1. The topological polar surface area (TPSA) is 104 Å². The van der Waals surface area contributed by atoms with Crippen LogP contribution < -0.4 is 10.6 Å². The monoisotopic (exact) mass is 291 g/mol. The molecule has 1 aliphatic rings. The molecular weight excluding hydrogens is 274 g/mol. The molecule has 1 heterocycles. The van der Waals surface area contributed by atoms with Crippen molar-refractivity contribution in [2.24, 2.45) is 0 Å². The second-order valence-corrected chi connectivity index (χ2v) is 4.37. The molecule has 108 valence electrons. The Morgan fingerprint density at radius 3 is 2.95 bits per heavy atom. The molecule has 0 aromatic rings. The van der Waals surface area contributed by atoms with Gasteiger partial charge in [-0.15, -0.1) is 11.6 Å².